The lowest BCUT2D eigenvalue weighted by atomic mass is 9.82. The summed E-state index contributed by atoms with van der Waals surface area (Å²) in [5.74, 6) is 1.10. The predicted molar refractivity (Wildman–Crippen MR) is 116 cm³/mol. The topological polar surface area (TPSA) is 74.7 Å². The van der Waals surface area contributed by atoms with Gasteiger partial charge >= 0.3 is 0 Å². The molecular weight excluding hydrogens is 409 g/mol. The van der Waals surface area contributed by atoms with Crippen LogP contribution >= 0.6 is 24.0 Å². The third-order valence-electron chi connectivity index (χ3n) is 5.70. The number of aromatic nitrogens is 2. The molecule has 0 radical (unpaired) electrons. The number of halogens is 2. The first kappa shape index (κ1) is 20.0. The van der Waals surface area contributed by atoms with Crippen molar-refractivity contribution in [3.8, 4) is 5.88 Å². The summed E-state index contributed by atoms with van der Waals surface area (Å²) < 4.78 is 6.06. The Morgan fingerprint density at radius 2 is 2.00 bits per heavy atom. The lowest BCUT2D eigenvalue weighted by Gasteiger charge is -2.30. The van der Waals surface area contributed by atoms with E-state index in [-0.39, 0.29) is 18.5 Å². The van der Waals surface area contributed by atoms with E-state index < -0.39 is 0 Å². The molecule has 2 N–H and O–H groups in total. The fourth-order valence-corrected chi connectivity index (χ4v) is 4.66. The smallest absolute Gasteiger partial charge is 0.213 e. The normalized spacial score (nSPS) is 22.8. The third kappa shape index (κ3) is 3.91. The maximum atomic E-state index is 6.73. The second-order valence-corrected chi connectivity index (χ2v) is 7.81. The van der Waals surface area contributed by atoms with Gasteiger partial charge in [0.1, 0.15) is 6.10 Å². The number of nitrogens with zero attached hydrogens (tertiary/aromatic N) is 3. The van der Waals surface area contributed by atoms with E-state index >= 15 is 0 Å². The minimum atomic E-state index is 0. The van der Waals surface area contributed by atoms with E-state index in [1.165, 1.54) is 11.1 Å². The summed E-state index contributed by atoms with van der Waals surface area (Å²) in [7, 11) is 0. The van der Waals surface area contributed by atoms with Crippen LogP contribution in [0.5, 0.6) is 5.88 Å². The number of hydrogen-bond donors (Lipinski definition) is 2. The van der Waals surface area contributed by atoms with Crippen molar-refractivity contribution < 1.29 is 4.74 Å². The summed E-state index contributed by atoms with van der Waals surface area (Å²) in [6.45, 7) is 1.30. The highest BCUT2D eigenvalue weighted by Crippen LogP contribution is 2.36. The minimum absolute atomic E-state index is 0. The number of hydrogen-bond acceptors (Lipinski definition) is 5. The van der Waals surface area contributed by atoms with Gasteiger partial charge < -0.3 is 15.1 Å². The molecule has 1 fully saturated rings. The number of ether oxygens (including phenoxy) is 1. The second-order valence-electron chi connectivity index (χ2n) is 7.40. The Kier molecular flexibility index (Phi) is 5.92. The van der Waals surface area contributed by atoms with Crippen molar-refractivity contribution in [1.82, 2.24) is 15.4 Å². The van der Waals surface area contributed by atoms with E-state index in [1.54, 1.807) is 6.20 Å². The van der Waals surface area contributed by atoms with E-state index in [2.05, 4.69) is 20.5 Å². The fourth-order valence-electron chi connectivity index (χ4n) is 4.34. The first-order chi connectivity index (χ1) is 13.8. The highest BCUT2D eigenvalue weighted by molar-refractivity contribution is 6.35. The molecule has 152 valence electrons. The molecule has 5 rings (SSSR count). The van der Waals surface area contributed by atoms with Crippen LogP contribution in [0.25, 0.3) is 5.57 Å². The second kappa shape index (κ2) is 8.59. The Bertz CT molecular complexity index is 1050. The first-order valence-corrected chi connectivity index (χ1v) is 10.2. The Hall–Kier alpha value is -2.31. The standard InChI is InChI=1S/C21H22ClN5O.ClH/c22-16-8-10-24-20-15-11-25-26-12-17(15)27-21(20)19(16)13-4-6-14(7-5-13)28-18-3-1-2-9-23-18;/h1-3,8-9,12-14,25,27H,4-7,10-11H2;1H. The van der Waals surface area contributed by atoms with Gasteiger partial charge in [-0.05, 0) is 49.3 Å². The zero-order valence-electron chi connectivity index (χ0n) is 15.9. The number of H-pyrrole nitrogens is 1. The van der Waals surface area contributed by atoms with Crippen LogP contribution in [0, 0.1) is 5.92 Å². The van der Waals surface area contributed by atoms with Gasteiger partial charge in [0.15, 0.2) is 0 Å². The SMILES string of the molecule is Cl.ClC1=CCN=c2c3c([nH]c2=C1C1CCC(Oc2ccccn2)CC1)C=NNC3. The van der Waals surface area contributed by atoms with Gasteiger partial charge in [0.05, 0.1) is 35.7 Å². The molecular formula is C21H23Cl2N5O. The van der Waals surface area contributed by atoms with Gasteiger partial charge in [-0.25, -0.2) is 4.98 Å². The van der Waals surface area contributed by atoms with Gasteiger partial charge in [0, 0.05) is 22.9 Å². The summed E-state index contributed by atoms with van der Waals surface area (Å²) in [5.41, 5.74) is 6.44. The molecule has 0 unspecified atom stereocenters. The largest absolute Gasteiger partial charge is 0.474 e. The molecule has 0 atom stereocenters. The van der Waals surface area contributed by atoms with Crippen LogP contribution in [0.2, 0.25) is 0 Å². The third-order valence-corrected chi connectivity index (χ3v) is 6.06. The zero-order valence-corrected chi connectivity index (χ0v) is 17.5. The molecule has 0 amide bonds. The van der Waals surface area contributed by atoms with Gasteiger partial charge in [-0.2, -0.15) is 5.10 Å². The fraction of sp³-hybridized carbons (Fsp3) is 0.381. The molecule has 29 heavy (non-hydrogen) atoms. The van der Waals surface area contributed by atoms with E-state index in [9.17, 15) is 0 Å². The number of allylic oxidation sites excluding steroid dienone is 1. The van der Waals surface area contributed by atoms with Crippen molar-refractivity contribution in [1.29, 1.82) is 0 Å². The average molecular weight is 432 g/mol. The highest BCUT2D eigenvalue weighted by atomic mass is 35.5. The summed E-state index contributed by atoms with van der Waals surface area (Å²) in [6.07, 6.45) is 9.88. The van der Waals surface area contributed by atoms with E-state index in [1.807, 2.05) is 30.5 Å². The zero-order chi connectivity index (χ0) is 18.9. The molecule has 2 aliphatic heterocycles. The van der Waals surface area contributed by atoms with Crippen LogP contribution in [0.1, 0.15) is 36.9 Å². The van der Waals surface area contributed by atoms with Crippen LogP contribution in [0.4, 0.5) is 0 Å². The van der Waals surface area contributed by atoms with Crippen LogP contribution < -0.4 is 20.9 Å². The van der Waals surface area contributed by atoms with Crippen LogP contribution in [-0.2, 0) is 6.54 Å². The summed E-state index contributed by atoms with van der Waals surface area (Å²) in [5, 5.41) is 7.08. The number of pyridine rings is 1. The van der Waals surface area contributed by atoms with Gasteiger partial charge in [0.2, 0.25) is 5.88 Å². The van der Waals surface area contributed by atoms with Gasteiger partial charge in [0.25, 0.3) is 0 Å². The molecule has 1 aliphatic carbocycles. The van der Waals surface area contributed by atoms with Gasteiger partial charge in [-0.1, -0.05) is 17.7 Å². The van der Waals surface area contributed by atoms with Gasteiger partial charge in [-0.15, -0.1) is 12.4 Å². The number of nitrogens with one attached hydrogen (secondary N) is 2. The Labute approximate surface area is 180 Å². The molecule has 2 aromatic heterocycles. The Morgan fingerprint density at radius 3 is 2.79 bits per heavy atom. The Balaban J connectivity index is 0.00000205. The maximum Gasteiger partial charge on any atom is 0.213 e. The quantitative estimate of drug-likeness (QED) is 0.784. The van der Waals surface area contributed by atoms with Crippen molar-refractivity contribution in [2.75, 3.05) is 6.54 Å². The van der Waals surface area contributed by atoms with Crippen molar-refractivity contribution >= 4 is 35.8 Å². The summed E-state index contributed by atoms with van der Waals surface area (Å²) in [4.78, 5) is 12.6. The van der Waals surface area contributed by atoms with Crippen LogP contribution in [0.15, 0.2) is 45.6 Å². The van der Waals surface area contributed by atoms with Crippen molar-refractivity contribution in [3.63, 3.8) is 0 Å². The molecule has 0 saturated heterocycles. The summed E-state index contributed by atoms with van der Waals surface area (Å²) >= 11 is 6.73. The first-order valence-electron chi connectivity index (χ1n) is 9.79. The number of fused-ring (bicyclic) bond motifs is 3. The molecule has 0 aromatic carbocycles. The van der Waals surface area contributed by atoms with E-state index in [4.69, 9.17) is 21.3 Å². The monoisotopic (exact) mass is 431 g/mol. The van der Waals surface area contributed by atoms with E-state index in [0.717, 1.165) is 47.1 Å². The van der Waals surface area contributed by atoms with Crippen molar-refractivity contribution in [2.45, 2.75) is 38.3 Å². The average Bonchev–Trinajstić information content (AvgIpc) is 3.00. The molecule has 1 saturated carbocycles. The number of aromatic amines is 1. The minimum Gasteiger partial charge on any atom is -0.474 e. The Morgan fingerprint density at radius 1 is 1.14 bits per heavy atom. The highest BCUT2D eigenvalue weighted by Gasteiger charge is 2.28. The van der Waals surface area contributed by atoms with Crippen molar-refractivity contribution in [3.05, 3.63) is 57.5 Å². The maximum absolute atomic E-state index is 6.73. The molecule has 3 aliphatic rings. The lowest BCUT2D eigenvalue weighted by molar-refractivity contribution is 0.137. The molecule has 8 heteroatoms. The molecule has 6 nitrogen and oxygen atoms in total. The number of hydrazone groups is 1. The van der Waals surface area contributed by atoms with Crippen LogP contribution in [0.3, 0.4) is 0 Å². The molecule has 2 aromatic rings. The number of rotatable bonds is 3. The molecule has 0 spiro atoms. The predicted octanol–water partition coefficient (Wildman–Crippen LogP) is 2.81. The lowest BCUT2D eigenvalue weighted by Crippen LogP contribution is -2.33. The summed E-state index contributed by atoms with van der Waals surface area (Å²) in [6, 6.07) is 5.77. The molecule has 4 heterocycles. The van der Waals surface area contributed by atoms with Crippen molar-refractivity contribution in [2.24, 2.45) is 16.0 Å². The van der Waals surface area contributed by atoms with Gasteiger partial charge in [-0.3, -0.25) is 4.99 Å². The van der Waals surface area contributed by atoms with Crippen LogP contribution in [-0.4, -0.2) is 28.8 Å². The molecule has 0 bridgehead atoms. The van der Waals surface area contributed by atoms with E-state index in [0.29, 0.717) is 24.9 Å².